The van der Waals surface area contributed by atoms with Crippen molar-refractivity contribution in [1.29, 1.82) is 0 Å². The number of benzene rings is 1. The molecule has 2 heterocycles. The second-order valence-corrected chi connectivity index (χ2v) is 4.84. The summed E-state index contributed by atoms with van der Waals surface area (Å²) in [5, 5.41) is 4.05. The number of aromatic nitrogens is 2. The molecule has 0 bridgehead atoms. The summed E-state index contributed by atoms with van der Waals surface area (Å²) in [6.07, 6.45) is 3.06. The third kappa shape index (κ3) is 2.26. The standard InChI is InChI=1S/C15H16N2O2/c1-17-13(6-8-16-17)14(18)10-11-7-9-19-15-5-3-2-4-12(11)15/h2-6,8,11H,7,9-10H2,1H3. The van der Waals surface area contributed by atoms with Gasteiger partial charge in [-0.05, 0) is 30.0 Å². The predicted octanol–water partition coefficient (Wildman–Crippen LogP) is 2.56. The Hall–Kier alpha value is -2.10. The van der Waals surface area contributed by atoms with E-state index in [1.165, 1.54) is 0 Å². The second kappa shape index (κ2) is 4.88. The minimum Gasteiger partial charge on any atom is -0.493 e. The van der Waals surface area contributed by atoms with Crippen LogP contribution in [-0.4, -0.2) is 22.2 Å². The van der Waals surface area contributed by atoms with Crippen molar-refractivity contribution in [1.82, 2.24) is 9.78 Å². The van der Waals surface area contributed by atoms with Crippen LogP contribution in [0.5, 0.6) is 5.75 Å². The van der Waals surface area contributed by atoms with E-state index in [-0.39, 0.29) is 11.7 Å². The van der Waals surface area contributed by atoms with Gasteiger partial charge in [-0.2, -0.15) is 5.10 Å². The normalized spacial score (nSPS) is 17.6. The zero-order valence-corrected chi connectivity index (χ0v) is 10.9. The van der Waals surface area contributed by atoms with Crippen molar-refractivity contribution in [2.24, 2.45) is 7.05 Å². The van der Waals surface area contributed by atoms with Crippen LogP contribution >= 0.6 is 0 Å². The van der Waals surface area contributed by atoms with Crippen LogP contribution < -0.4 is 4.74 Å². The smallest absolute Gasteiger partial charge is 0.181 e. The molecule has 3 rings (SSSR count). The van der Waals surface area contributed by atoms with Crippen LogP contribution in [0.3, 0.4) is 0 Å². The zero-order valence-electron chi connectivity index (χ0n) is 10.9. The van der Waals surface area contributed by atoms with E-state index >= 15 is 0 Å². The van der Waals surface area contributed by atoms with Gasteiger partial charge < -0.3 is 4.74 Å². The molecule has 98 valence electrons. The summed E-state index contributed by atoms with van der Waals surface area (Å²) in [6, 6.07) is 9.75. The van der Waals surface area contributed by atoms with Crippen LogP contribution in [0, 0.1) is 0 Å². The fraction of sp³-hybridized carbons (Fsp3) is 0.333. The molecule has 1 aliphatic rings. The summed E-state index contributed by atoms with van der Waals surface area (Å²) >= 11 is 0. The Bertz CT molecular complexity index is 604. The highest BCUT2D eigenvalue weighted by atomic mass is 16.5. The first-order valence-electron chi connectivity index (χ1n) is 6.48. The van der Waals surface area contributed by atoms with E-state index in [0.29, 0.717) is 18.7 Å². The number of carbonyl (C=O) groups is 1. The lowest BCUT2D eigenvalue weighted by molar-refractivity contribution is 0.0956. The lowest BCUT2D eigenvalue weighted by Crippen LogP contribution is -2.18. The minimum absolute atomic E-state index is 0.140. The number of Topliss-reactive ketones (excluding diaryl/α,β-unsaturated/α-hetero) is 1. The fourth-order valence-electron chi connectivity index (χ4n) is 2.60. The van der Waals surface area contributed by atoms with Gasteiger partial charge in [-0.25, -0.2) is 0 Å². The maximum Gasteiger partial charge on any atom is 0.181 e. The van der Waals surface area contributed by atoms with Crippen molar-refractivity contribution in [3.63, 3.8) is 0 Å². The molecule has 0 N–H and O–H groups in total. The Morgan fingerprint density at radius 3 is 3.05 bits per heavy atom. The summed E-state index contributed by atoms with van der Waals surface area (Å²) in [4.78, 5) is 12.3. The number of ketones is 1. The van der Waals surface area contributed by atoms with Crippen LogP contribution in [0.1, 0.15) is 34.8 Å². The Balaban J connectivity index is 1.82. The van der Waals surface area contributed by atoms with Crippen LogP contribution in [0.4, 0.5) is 0 Å². The van der Waals surface area contributed by atoms with Crippen molar-refractivity contribution in [3.05, 3.63) is 47.8 Å². The maximum atomic E-state index is 12.3. The summed E-state index contributed by atoms with van der Waals surface area (Å²) < 4.78 is 7.25. The molecule has 0 amide bonds. The molecule has 1 aromatic carbocycles. The number of hydrogen-bond acceptors (Lipinski definition) is 3. The maximum absolute atomic E-state index is 12.3. The molecule has 2 aromatic rings. The number of rotatable bonds is 3. The molecule has 4 heteroatoms. The van der Waals surface area contributed by atoms with Crippen molar-refractivity contribution in [3.8, 4) is 5.75 Å². The lowest BCUT2D eigenvalue weighted by Gasteiger charge is -2.25. The molecule has 0 fully saturated rings. The van der Waals surface area contributed by atoms with E-state index in [0.717, 1.165) is 17.7 Å². The van der Waals surface area contributed by atoms with Crippen LogP contribution in [0.15, 0.2) is 36.5 Å². The molecule has 0 saturated carbocycles. The van der Waals surface area contributed by atoms with Crippen molar-refractivity contribution in [2.45, 2.75) is 18.8 Å². The fourth-order valence-corrected chi connectivity index (χ4v) is 2.60. The third-order valence-electron chi connectivity index (χ3n) is 3.62. The van der Waals surface area contributed by atoms with Gasteiger partial charge in [0, 0.05) is 19.7 Å². The second-order valence-electron chi connectivity index (χ2n) is 4.84. The van der Waals surface area contributed by atoms with Gasteiger partial charge in [0.25, 0.3) is 0 Å². The van der Waals surface area contributed by atoms with E-state index in [2.05, 4.69) is 11.2 Å². The Kier molecular flexibility index (Phi) is 3.07. The van der Waals surface area contributed by atoms with Gasteiger partial charge in [0.15, 0.2) is 5.78 Å². The van der Waals surface area contributed by atoms with Gasteiger partial charge in [0.05, 0.1) is 6.61 Å². The number of hydrogen-bond donors (Lipinski definition) is 0. The number of ether oxygens (including phenoxy) is 1. The number of carbonyl (C=O) groups excluding carboxylic acids is 1. The number of para-hydroxylation sites is 1. The molecule has 1 atom stereocenters. The molecule has 1 aliphatic heterocycles. The largest absolute Gasteiger partial charge is 0.493 e. The van der Waals surface area contributed by atoms with Crippen LogP contribution in [0.2, 0.25) is 0 Å². The van der Waals surface area contributed by atoms with E-state index in [1.807, 2.05) is 18.2 Å². The Morgan fingerprint density at radius 1 is 1.42 bits per heavy atom. The van der Waals surface area contributed by atoms with E-state index in [1.54, 1.807) is 24.0 Å². The van der Waals surface area contributed by atoms with Gasteiger partial charge in [0.2, 0.25) is 0 Å². The molecule has 0 radical (unpaired) electrons. The number of nitrogens with zero attached hydrogens (tertiary/aromatic N) is 2. The molecule has 0 spiro atoms. The van der Waals surface area contributed by atoms with E-state index in [9.17, 15) is 4.79 Å². The monoisotopic (exact) mass is 256 g/mol. The average molecular weight is 256 g/mol. The molecule has 1 unspecified atom stereocenters. The van der Waals surface area contributed by atoms with Crippen molar-refractivity contribution < 1.29 is 9.53 Å². The van der Waals surface area contributed by atoms with Gasteiger partial charge in [-0.15, -0.1) is 0 Å². The summed E-state index contributed by atoms with van der Waals surface area (Å²) in [6.45, 7) is 0.681. The van der Waals surface area contributed by atoms with Gasteiger partial charge >= 0.3 is 0 Å². The molecular weight excluding hydrogens is 240 g/mol. The van der Waals surface area contributed by atoms with Gasteiger partial charge in [-0.1, -0.05) is 18.2 Å². The van der Waals surface area contributed by atoms with Gasteiger partial charge in [-0.3, -0.25) is 9.48 Å². The molecule has 19 heavy (non-hydrogen) atoms. The van der Waals surface area contributed by atoms with Gasteiger partial charge in [0.1, 0.15) is 11.4 Å². The summed E-state index contributed by atoms with van der Waals surface area (Å²) in [5.41, 5.74) is 1.81. The lowest BCUT2D eigenvalue weighted by atomic mass is 9.88. The molecule has 0 aliphatic carbocycles. The topological polar surface area (TPSA) is 44.1 Å². The van der Waals surface area contributed by atoms with Crippen molar-refractivity contribution in [2.75, 3.05) is 6.61 Å². The first-order chi connectivity index (χ1) is 9.25. The van der Waals surface area contributed by atoms with E-state index < -0.39 is 0 Å². The first-order valence-corrected chi connectivity index (χ1v) is 6.48. The third-order valence-corrected chi connectivity index (χ3v) is 3.62. The number of aryl methyl sites for hydroxylation is 1. The molecule has 4 nitrogen and oxygen atoms in total. The minimum atomic E-state index is 0.140. The van der Waals surface area contributed by atoms with Crippen LogP contribution in [-0.2, 0) is 7.05 Å². The predicted molar refractivity (Wildman–Crippen MR) is 71.5 cm³/mol. The zero-order chi connectivity index (χ0) is 13.2. The summed E-state index contributed by atoms with van der Waals surface area (Å²) in [7, 11) is 1.80. The first kappa shape index (κ1) is 12.0. The quantitative estimate of drug-likeness (QED) is 0.793. The number of fused-ring (bicyclic) bond motifs is 1. The highest BCUT2D eigenvalue weighted by Crippen LogP contribution is 2.35. The average Bonchev–Trinajstić information content (AvgIpc) is 2.85. The molecule has 0 saturated heterocycles. The Morgan fingerprint density at radius 2 is 2.26 bits per heavy atom. The highest BCUT2D eigenvalue weighted by Gasteiger charge is 2.24. The molecular formula is C15H16N2O2. The van der Waals surface area contributed by atoms with E-state index in [4.69, 9.17) is 4.74 Å². The van der Waals surface area contributed by atoms with Crippen LogP contribution in [0.25, 0.3) is 0 Å². The summed E-state index contributed by atoms with van der Waals surface area (Å²) in [5.74, 6) is 1.30. The molecule has 1 aromatic heterocycles. The van der Waals surface area contributed by atoms with Crippen molar-refractivity contribution >= 4 is 5.78 Å². The SMILES string of the molecule is Cn1nccc1C(=O)CC1CCOc2ccccc21. The Labute approximate surface area is 112 Å². The highest BCUT2D eigenvalue weighted by molar-refractivity contribution is 5.95.